The quantitative estimate of drug-likeness (QED) is 0.165. The maximum absolute atomic E-state index is 13.1. The summed E-state index contributed by atoms with van der Waals surface area (Å²) in [6.45, 7) is 0. The van der Waals surface area contributed by atoms with Gasteiger partial charge in [0, 0.05) is 41.0 Å². The summed E-state index contributed by atoms with van der Waals surface area (Å²) >= 11 is 0. The zero-order chi connectivity index (χ0) is 28.3. The largest absolute Gasteiger partial charge is 0.508 e. The second-order valence-electron chi connectivity index (χ2n) is 9.03. The third kappa shape index (κ3) is 3.82. The van der Waals surface area contributed by atoms with Crippen LogP contribution in [0.5, 0.6) is 34.5 Å². The molecular weight excluding hydrogens is 520 g/mol. The first-order valence-electron chi connectivity index (χ1n) is 11.8. The van der Waals surface area contributed by atoms with Gasteiger partial charge in [-0.3, -0.25) is 9.59 Å². The summed E-state index contributed by atoms with van der Waals surface area (Å²) in [7, 11) is 0. The summed E-state index contributed by atoms with van der Waals surface area (Å²) in [4.78, 5) is 25.9. The predicted molar refractivity (Wildman–Crippen MR) is 145 cm³/mol. The van der Waals surface area contributed by atoms with Crippen LogP contribution in [0.4, 0.5) is 0 Å². The molecule has 0 fully saturated rings. The number of fused-ring (bicyclic) bond motifs is 2. The number of phenolic OH excluding ortho intramolecular Hbond substituents is 6. The third-order valence-corrected chi connectivity index (χ3v) is 6.51. The highest BCUT2D eigenvalue weighted by molar-refractivity contribution is 6.01. The van der Waals surface area contributed by atoms with E-state index in [1.54, 1.807) is 0 Å². The molecule has 198 valence electrons. The minimum atomic E-state index is -0.772. The van der Waals surface area contributed by atoms with Gasteiger partial charge in [0.15, 0.2) is 22.4 Å². The highest BCUT2D eigenvalue weighted by atomic mass is 16.3. The van der Waals surface area contributed by atoms with Crippen LogP contribution in [0.3, 0.4) is 0 Å². The van der Waals surface area contributed by atoms with Gasteiger partial charge in [0.2, 0.25) is 0 Å². The van der Waals surface area contributed by atoms with E-state index < -0.39 is 39.4 Å². The van der Waals surface area contributed by atoms with E-state index in [0.29, 0.717) is 5.56 Å². The number of rotatable bonds is 3. The highest BCUT2D eigenvalue weighted by Crippen LogP contribution is 2.51. The minimum absolute atomic E-state index is 0.00703. The minimum Gasteiger partial charge on any atom is -0.508 e. The lowest BCUT2D eigenvalue weighted by atomic mass is 9.93. The van der Waals surface area contributed by atoms with Crippen LogP contribution < -0.4 is 10.9 Å². The van der Waals surface area contributed by atoms with Gasteiger partial charge in [-0.1, -0.05) is 0 Å². The van der Waals surface area contributed by atoms with Gasteiger partial charge in [-0.2, -0.15) is 0 Å². The normalized spacial score (nSPS) is 11.3. The monoisotopic (exact) mass is 538 g/mol. The number of aromatic hydroxyl groups is 6. The lowest BCUT2D eigenvalue weighted by Gasteiger charge is -2.16. The van der Waals surface area contributed by atoms with E-state index in [-0.39, 0.29) is 56.1 Å². The Morgan fingerprint density at radius 2 is 1.20 bits per heavy atom. The number of hydrogen-bond acceptors (Lipinski definition) is 10. The average Bonchev–Trinajstić information content (AvgIpc) is 2.90. The molecule has 6 rings (SSSR count). The molecule has 2 aromatic heterocycles. The van der Waals surface area contributed by atoms with Gasteiger partial charge in [-0.05, 0) is 48.5 Å². The standard InChI is InChI=1S/C30H18O10/c31-14-3-1-13(2-4-14)22-11-20(35)27-25(39-22)12-21(36)28(30(27)38)26-17(7-8-18(33)29(26)37)24-10-19(34)16-6-5-15(32)9-23(16)40-24/h1-12,31-33,36-38H. The summed E-state index contributed by atoms with van der Waals surface area (Å²) < 4.78 is 11.6. The Bertz CT molecular complexity index is 2100. The lowest BCUT2D eigenvalue weighted by molar-refractivity contribution is 0.404. The fraction of sp³-hybridized carbons (Fsp3) is 0. The summed E-state index contributed by atoms with van der Waals surface area (Å²) in [5, 5.41) is 62.6. The van der Waals surface area contributed by atoms with Crippen LogP contribution >= 0.6 is 0 Å². The topological polar surface area (TPSA) is 182 Å². The molecule has 4 aromatic carbocycles. The van der Waals surface area contributed by atoms with Crippen LogP contribution in [0.25, 0.3) is 55.7 Å². The molecule has 0 saturated carbocycles. The Kier molecular flexibility index (Phi) is 5.40. The van der Waals surface area contributed by atoms with Crippen molar-refractivity contribution in [2.24, 2.45) is 0 Å². The van der Waals surface area contributed by atoms with Gasteiger partial charge in [0.25, 0.3) is 0 Å². The third-order valence-electron chi connectivity index (χ3n) is 6.51. The van der Waals surface area contributed by atoms with Gasteiger partial charge in [-0.15, -0.1) is 0 Å². The van der Waals surface area contributed by atoms with E-state index in [2.05, 4.69) is 0 Å². The van der Waals surface area contributed by atoms with Crippen molar-refractivity contribution >= 4 is 21.9 Å². The van der Waals surface area contributed by atoms with E-state index in [1.165, 1.54) is 48.5 Å². The van der Waals surface area contributed by atoms with Gasteiger partial charge >= 0.3 is 0 Å². The molecule has 0 bridgehead atoms. The van der Waals surface area contributed by atoms with Crippen LogP contribution in [0.15, 0.2) is 91.2 Å². The van der Waals surface area contributed by atoms with Crippen LogP contribution in [0.1, 0.15) is 0 Å². The summed E-state index contributed by atoms with van der Waals surface area (Å²) in [5.41, 5.74) is -1.65. The fourth-order valence-corrected chi connectivity index (χ4v) is 4.62. The molecule has 0 aliphatic rings. The van der Waals surface area contributed by atoms with Gasteiger partial charge < -0.3 is 39.5 Å². The molecule has 0 amide bonds. The molecule has 0 atom stereocenters. The highest BCUT2D eigenvalue weighted by Gasteiger charge is 2.26. The van der Waals surface area contributed by atoms with E-state index in [0.717, 1.165) is 24.3 Å². The summed E-state index contributed by atoms with van der Waals surface area (Å²) in [6.07, 6.45) is 0. The molecule has 0 saturated heterocycles. The van der Waals surface area contributed by atoms with Crippen molar-refractivity contribution in [3.05, 3.63) is 93.2 Å². The second kappa shape index (κ2) is 8.84. The first-order valence-corrected chi connectivity index (χ1v) is 11.8. The van der Waals surface area contributed by atoms with Crippen LogP contribution in [-0.4, -0.2) is 30.6 Å². The van der Waals surface area contributed by atoms with Crippen molar-refractivity contribution in [1.29, 1.82) is 0 Å². The summed E-state index contributed by atoms with van der Waals surface area (Å²) in [5.74, 6) is -2.95. The van der Waals surface area contributed by atoms with Gasteiger partial charge in [0.05, 0.1) is 10.9 Å². The van der Waals surface area contributed by atoms with E-state index in [4.69, 9.17) is 8.83 Å². The molecule has 10 nitrogen and oxygen atoms in total. The van der Waals surface area contributed by atoms with E-state index in [1.807, 2.05) is 0 Å². The molecule has 6 N–H and O–H groups in total. The van der Waals surface area contributed by atoms with E-state index >= 15 is 0 Å². The molecule has 0 radical (unpaired) electrons. The van der Waals surface area contributed by atoms with Crippen LogP contribution in [0, 0.1) is 0 Å². The predicted octanol–water partition coefficient (Wildman–Crippen LogP) is 5.13. The second-order valence-corrected chi connectivity index (χ2v) is 9.03. The first kappa shape index (κ1) is 24.4. The zero-order valence-electron chi connectivity index (χ0n) is 20.2. The van der Waals surface area contributed by atoms with E-state index in [9.17, 15) is 40.2 Å². The number of hydrogen-bond donors (Lipinski definition) is 6. The first-order chi connectivity index (χ1) is 19.1. The zero-order valence-corrected chi connectivity index (χ0v) is 20.2. The van der Waals surface area contributed by atoms with Gasteiger partial charge in [-0.25, -0.2) is 0 Å². The van der Waals surface area contributed by atoms with Crippen LogP contribution in [0.2, 0.25) is 0 Å². The Morgan fingerprint density at radius 1 is 0.525 bits per heavy atom. The summed E-state index contributed by atoms with van der Waals surface area (Å²) in [6, 6.07) is 15.5. The fourth-order valence-electron chi connectivity index (χ4n) is 4.62. The molecule has 0 aliphatic heterocycles. The Morgan fingerprint density at radius 3 is 1.95 bits per heavy atom. The number of benzene rings is 4. The van der Waals surface area contributed by atoms with Crippen molar-refractivity contribution in [2.45, 2.75) is 0 Å². The van der Waals surface area contributed by atoms with Crippen molar-refractivity contribution in [3.8, 4) is 68.3 Å². The molecule has 0 unspecified atom stereocenters. The maximum Gasteiger partial charge on any atom is 0.197 e. The Hall–Kier alpha value is -5.90. The van der Waals surface area contributed by atoms with Crippen molar-refractivity contribution in [3.63, 3.8) is 0 Å². The Labute approximate surface area is 223 Å². The lowest BCUT2D eigenvalue weighted by Crippen LogP contribution is -2.03. The Balaban J connectivity index is 1.63. The number of phenols is 6. The van der Waals surface area contributed by atoms with Crippen molar-refractivity contribution in [2.75, 3.05) is 0 Å². The van der Waals surface area contributed by atoms with Gasteiger partial charge in [0.1, 0.15) is 51.1 Å². The smallest absolute Gasteiger partial charge is 0.197 e. The SMILES string of the molecule is O=c1cc(-c2ccc(O)c(O)c2-c2c(O)cc3oc(-c4ccc(O)cc4)cc(=O)c3c2O)oc2cc(O)ccc12. The van der Waals surface area contributed by atoms with Crippen molar-refractivity contribution in [1.82, 2.24) is 0 Å². The van der Waals surface area contributed by atoms with Crippen LogP contribution in [-0.2, 0) is 0 Å². The molecular formula is C30H18O10. The van der Waals surface area contributed by atoms with Crippen molar-refractivity contribution < 1.29 is 39.5 Å². The average molecular weight is 538 g/mol. The molecule has 0 aliphatic carbocycles. The molecule has 6 aromatic rings. The molecule has 10 heteroatoms. The molecule has 40 heavy (non-hydrogen) atoms. The molecule has 2 heterocycles. The maximum atomic E-state index is 13.1. The molecule has 0 spiro atoms.